The number of benzene rings is 1. The highest BCUT2D eigenvalue weighted by atomic mass is 16.5. The highest BCUT2D eigenvalue weighted by molar-refractivity contribution is 5.84. The van der Waals surface area contributed by atoms with E-state index in [2.05, 4.69) is 22.2 Å². The number of carbonyl (C=O) groups excluding carboxylic acids is 1. The minimum absolute atomic E-state index is 0.234. The molecule has 1 aliphatic rings. The zero-order valence-corrected chi connectivity index (χ0v) is 14.7. The van der Waals surface area contributed by atoms with Gasteiger partial charge in [0.2, 0.25) is 0 Å². The number of hydrogen-bond donors (Lipinski definition) is 0. The van der Waals surface area contributed by atoms with Gasteiger partial charge in [0.1, 0.15) is 11.5 Å². The third-order valence-corrected chi connectivity index (χ3v) is 4.73. The zero-order valence-electron chi connectivity index (χ0n) is 14.7. The Hall–Kier alpha value is -2.69. The molecule has 1 aromatic carbocycles. The number of methoxy groups -OCH3 is 1. The summed E-state index contributed by atoms with van der Waals surface area (Å²) in [5.74, 6) is 2.00. The second-order valence-corrected chi connectivity index (χ2v) is 6.77. The van der Waals surface area contributed by atoms with Crippen molar-refractivity contribution >= 4 is 11.4 Å². The van der Waals surface area contributed by atoms with E-state index in [9.17, 15) is 4.79 Å². The first-order chi connectivity index (χ1) is 12.1. The molecule has 5 nitrogen and oxygen atoms in total. The fourth-order valence-electron chi connectivity index (χ4n) is 3.37. The summed E-state index contributed by atoms with van der Waals surface area (Å²) in [6.45, 7) is 4.08. The molecule has 2 aromatic heterocycles. The molecular weight excluding hydrogens is 314 g/mol. The lowest BCUT2D eigenvalue weighted by molar-refractivity contribution is -0.119. The van der Waals surface area contributed by atoms with Crippen LogP contribution in [0, 0.1) is 19.8 Å². The van der Waals surface area contributed by atoms with Gasteiger partial charge in [-0.05, 0) is 62.1 Å². The van der Waals surface area contributed by atoms with Crippen molar-refractivity contribution in [3.05, 3.63) is 47.3 Å². The summed E-state index contributed by atoms with van der Waals surface area (Å²) < 4.78 is 7.29. The molecule has 25 heavy (non-hydrogen) atoms. The van der Waals surface area contributed by atoms with Crippen molar-refractivity contribution in [1.82, 2.24) is 14.6 Å². The molecule has 128 valence electrons. The molecule has 5 heteroatoms. The van der Waals surface area contributed by atoms with E-state index in [-0.39, 0.29) is 11.7 Å². The lowest BCUT2D eigenvalue weighted by Crippen LogP contribution is -2.06. The van der Waals surface area contributed by atoms with Gasteiger partial charge >= 0.3 is 0 Å². The number of pyridine rings is 1. The van der Waals surface area contributed by atoms with Gasteiger partial charge in [-0.1, -0.05) is 6.07 Å². The molecular formula is C20H21N3O2. The molecule has 0 N–H and O–H groups in total. The Bertz CT molecular complexity index is 947. The maximum atomic E-state index is 12.1. The van der Waals surface area contributed by atoms with Gasteiger partial charge in [0.15, 0.2) is 11.5 Å². The van der Waals surface area contributed by atoms with E-state index in [4.69, 9.17) is 4.74 Å². The van der Waals surface area contributed by atoms with Gasteiger partial charge in [-0.15, -0.1) is 0 Å². The quantitative estimate of drug-likeness (QED) is 0.715. The average Bonchev–Trinajstić information content (AvgIpc) is 3.34. The Morgan fingerprint density at radius 2 is 1.96 bits per heavy atom. The summed E-state index contributed by atoms with van der Waals surface area (Å²) in [6.07, 6.45) is 2.36. The maximum absolute atomic E-state index is 12.1. The Balaban J connectivity index is 1.77. The summed E-state index contributed by atoms with van der Waals surface area (Å²) >= 11 is 0. The highest BCUT2D eigenvalue weighted by Gasteiger charge is 2.30. The molecule has 0 spiro atoms. The first kappa shape index (κ1) is 15.8. The number of carbonyl (C=O) groups is 1. The van der Waals surface area contributed by atoms with Crippen LogP contribution in [0.2, 0.25) is 0 Å². The van der Waals surface area contributed by atoms with Gasteiger partial charge in [0, 0.05) is 11.5 Å². The average molecular weight is 335 g/mol. The Kier molecular flexibility index (Phi) is 3.79. The van der Waals surface area contributed by atoms with E-state index in [0.717, 1.165) is 46.6 Å². The summed E-state index contributed by atoms with van der Waals surface area (Å²) in [7, 11) is 1.69. The minimum Gasteiger partial charge on any atom is -0.496 e. The van der Waals surface area contributed by atoms with E-state index in [1.165, 1.54) is 0 Å². The number of aryl methyl sites for hydroxylation is 2. The Morgan fingerprint density at radius 3 is 2.60 bits per heavy atom. The Morgan fingerprint density at radius 1 is 1.24 bits per heavy atom. The maximum Gasteiger partial charge on any atom is 0.159 e. The fourth-order valence-corrected chi connectivity index (χ4v) is 3.37. The molecule has 0 amide bonds. The molecule has 0 saturated heterocycles. The fraction of sp³-hybridized carbons (Fsp3) is 0.350. The third kappa shape index (κ3) is 2.90. The topological polar surface area (TPSA) is 56.5 Å². The van der Waals surface area contributed by atoms with E-state index < -0.39 is 0 Å². The van der Waals surface area contributed by atoms with Crippen molar-refractivity contribution in [1.29, 1.82) is 0 Å². The first-order valence-corrected chi connectivity index (χ1v) is 8.60. The summed E-state index contributed by atoms with van der Waals surface area (Å²) in [5.41, 5.74) is 4.95. The molecule has 4 rings (SSSR count). The number of nitrogens with zero attached hydrogens (tertiary/aromatic N) is 3. The van der Waals surface area contributed by atoms with Crippen LogP contribution in [-0.2, 0) is 11.2 Å². The second kappa shape index (κ2) is 5.99. The summed E-state index contributed by atoms with van der Waals surface area (Å²) in [6, 6.07) is 10.1. The molecule has 2 heterocycles. The predicted octanol–water partition coefficient (Wildman–Crippen LogP) is 3.54. The van der Waals surface area contributed by atoms with E-state index in [1.807, 2.05) is 36.6 Å². The lowest BCUT2D eigenvalue weighted by Gasteiger charge is -2.12. The molecule has 3 aromatic rings. The number of aromatic nitrogens is 3. The zero-order chi connectivity index (χ0) is 17.6. The van der Waals surface area contributed by atoms with Gasteiger partial charge in [-0.25, -0.2) is 9.50 Å². The first-order valence-electron chi connectivity index (χ1n) is 8.60. The summed E-state index contributed by atoms with van der Waals surface area (Å²) in [5, 5.41) is 4.59. The summed E-state index contributed by atoms with van der Waals surface area (Å²) in [4.78, 5) is 16.6. The molecule has 1 fully saturated rings. The number of hydrogen-bond acceptors (Lipinski definition) is 4. The number of rotatable bonds is 5. The molecule has 0 atom stereocenters. The van der Waals surface area contributed by atoms with E-state index >= 15 is 0 Å². The molecule has 0 radical (unpaired) electrons. The van der Waals surface area contributed by atoms with Crippen LogP contribution >= 0.6 is 0 Å². The second-order valence-electron chi connectivity index (χ2n) is 6.77. The van der Waals surface area contributed by atoms with E-state index in [1.54, 1.807) is 7.11 Å². The van der Waals surface area contributed by atoms with Crippen LogP contribution in [-0.4, -0.2) is 27.5 Å². The van der Waals surface area contributed by atoms with Crippen LogP contribution in [0.5, 0.6) is 5.75 Å². The van der Waals surface area contributed by atoms with Crippen molar-refractivity contribution in [3.8, 4) is 17.0 Å². The number of ether oxygens (including phenoxy) is 1. The van der Waals surface area contributed by atoms with Gasteiger partial charge in [-0.2, -0.15) is 5.10 Å². The largest absolute Gasteiger partial charge is 0.496 e. The van der Waals surface area contributed by atoms with Crippen LogP contribution in [0.3, 0.4) is 0 Å². The van der Waals surface area contributed by atoms with Crippen LogP contribution < -0.4 is 4.74 Å². The molecule has 0 unspecified atom stereocenters. The van der Waals surface area contributed by atoms with Gasteiger partial charge in [-0.3, -0.25) is 4.79 Å². The van der Waals surface area contributed by atoms with Crippen LogP contribution in [0.1, 0.15) is 29.8 Å². The molecule has 0 aliphatic heterocycles. The van der Waals surface area contributed by atoms with Crippen LogP contribution in [0.4, 0.5) is 0 Å². The van der Waals surface area contributed by atoms with Crippen LogP contribution in [0.15, 0.2) is 30.3 Å². The SMILES string of the molecule is COc1c(C)cc(-c2cccc3nc(CC(=O)C4CC4)nn23)cc1C. The minimum atomic E-state index is 0.234. The van der Waals surface area contributed by atoms with Gasteiger partial charge < -0.3 is 4.74 Å². The standard InChI is InChI=1S/C20H21N3O2/c1-12-9-15(10-13(2)20(12)25-3)16-5-4-6-19-21-18(22-23(16)19)11-17(24)14-7-8-14/h4-6,9-10,14H,7-8,11H2,1-3H3. The van der Waals surface area contributed by atoms with Crippen molar-refractivity contribution < 1.29 is 9.53 Å². The number of Topliss-reactive ketones (excluding diaryl/α,β-unsaturated/α-hetero) is 1. The van der Waals surface area contributed by atoms with Gasteiger partial charge in [0.25, 0.3) is 0 Å². The normalized spacial score (nSPS) is 14.0. The monoisotopic (exact) mass is 335 g/mol. The molecule has 1 saturated carbocycles. The molecule has 1 aliphatic carbocycles. The van der Waals surface area contributed by atoms with Gasteiger partial charge in [0.05, 0.1) is 19.2 Å². The number of ketones is 1. The van der Waals surface area contributed by atoms with Crippen molar-refractivity contribution in [2.24, 2.45) is 5.92 Å². The third-order valence-electron chi connectivity index (χ3n) is 4.73. The predicted molar refractivity (Wildman–Crippen MR) is 95.9 cm³/mol. The Labute approximate surface area is 146 Å². The smallest absolute Gasteiger partial charge is 0.159 e. The highest BCUT2D eigenvalue weighted by Crippen LogP contribution is 2.31. The lowest BCUT2D eigenvalue weighted by atomic mass is 10.0. The molecule has 0 bridgehead atoms. The van der Waals surface area contributed by atoms with E-state index in [0.29, 0.717) is 12.2 Å². The van der Waals surface area contributed by atoms with Crippen molar-refractivity contribution in [3.63, 3.8) is 0 Å². The van der Waals surface area contributed by atoms with Crippen molar-refractivity contribution in [2.45, 2.75) is 33.1 Å². The van der Waals surface area contributed by atoms with Crippen LogP contribution in [0.25, 0.3) is 16.9 Å². The number of fused-ring (bicyclic) bond motifs is 1. The van der Waals surface area contributed by atoms with Crippen molar-refractivity contribution in [2.75, 3.05) is 7.11 Å².